The second-order valence-electron chi connectivity index (χ2n) is 9.44. The smallest absolute Gasteiger partial charge is 0.230 e. The third kappa shape index (κ3) is 6.13. The van der Waals surface area contributed by atoms with Crippen LogP contribution in [0.5, 0.6) is 0 Å². The number of hydrogen-bond donors (Lipinski definition) is 1. The van der Waals surface area contributed by atoms with Crippen LogP contribution in [-0.2, 0) is 22.6 Å². The molecule has 3 aromatic rings. The first-order chi connectivity index (χ1) is 16.5. The van der Waals surface area contributed by atoms with Crippen molar-refractivity contribution < 1.29 is 9.59 Å². The standard InChI is InChI=1S/C30H34N2O2/c1-22-9-8-10-25(19-22)21-32(30(34)27-13-6-7-14-27)28-17-15-24(16-18-28)20-29(33)31-23(2)26-11-4-3-5-12-26/h3-5,8-12,15-19,23,27H,6-7,13-14,20-21H2,1-2H3,(H,31,33). The van der Waals surface area contributed by atoms with Gasteiger partial charge in [-0.05, 0) is 55.5 Å². The number of benzene rings is 3. The number of nitrogens with zero attached hydrogens (tertiary/aromatic N) is 1. The molecular formula is C30H34N2O2. The second kappa shape index (κ2) is 11.1. The van der Waals surface area contributed by atoms with Gasteiger partial charge in [-0.25, -0.2) is 0 Å². The van der Waals surface area contributed by atoms with Crippen molar-refractivity contribution in [3.63, 3.8) is 0 Å². The summed E-state index contributed by atoms with van der Waals surface area (Å²) >= 11 is 0. The van der Waals surface area contributed by atoms with Crippen LogP contribution in [0.25, 0.3) is 0 Å². The van der Waals surface area contributed by atoms with Crippen LogP contribution in [0.1, 0.15) is 60.9 Å². The fourth-order valence-corrected chi connectivity index (χ4v) is 4.78. The normalized spacial score (nSPS) is 14.5. The number of hydrogen-bond acceptors (Lipinski definition) is 2. The van der Waals surface area contributed by atoms with Gasteiger partial charge in [-0.15, -0.1) is 0 Å². The third-order valence-electron chi connectivity index (χ3n) is 6.68. The molecule has 0 bridgehead atoms. The van der Waals surface area contributed by atoms with E-state index in [-0.39, 0.29) is 23.8 Å². The number of aryl methyl sites for hydroxylation is 1. The quantitative estimate of drug-likeness (QED) is 0.445. The molecule has 1 aliphatic carbocycles. The van der Waals surface area contributed by atoms with E-state index in [1.165, 1.54) is 5.56 Å². The Kier molecular flexibility index (Phi) is 7.79. The van der Waals surface area contributed by atoms with Crippen molar-refractivity contribution in [3.05, 3.63) is 101 Å². The summed E-state index contributed by atoms with van der Waals surface area (Å²) < 4.78 is 0. The Bertz CT molecular complexity index is 1100. The van der Waals surface area contributed by atoms with E-state index in [0.29, 0.717) is 13.0 Å². The van der Waals surface area contributed by atoms with Crippen molar-refractivity contribution in [2.75, 3.05) is 4.90 Å². The van der Waals surface area contributed by atoms with Gasteiger partial charge >= 0.3 is 0 Å². The van der Waals surface area contributed by atoms with E-state index >= 15 is 0 Å². The van der Waals surface area contributed by atoms with Gasteiger partial charge in [0, 0.05) is 11.6 Å². The van der Waals surface area contributed by atoms with Gasteiger partial charge in [-0.2, -0.15) is 0 Å². The average Bonchev–Trinajstić information content (AvgIpc) is 3.38. The van der Waals surface area contributed by atoms with E-state index in [1.807, 2.05) is 72.5 Å². The highest BCUT2D eigenvalue weighted by atomic mass is 16.2. The van der Waals surface area contributed by atoms with Crippen LogP contribution in [0.4, 0.5) is 5.69 Å². The molecule has 0 aromatic heterocycles. The summed E-state index contributed by atoms with van der Waals surface area (Å²) in [7, 11) is 0. The van der Waals surface area contributed by atoms with Gasteiger partial charge in [0.15, 0.2) is 0 Å². The number of carbonyl (C=O) groups is 2. The van der Waals surface area contributed by atoms with Crippen LogP contribution in [-0.4, -0.2) is 11.8 Å². The second-order valence-corrected chi connectivity index (χ2v) is 9.44. The summed E-state index contributed by atoms with van der Waals surface area (Å²) in [6.45, 7) is 4.63. The molecule has 1 atom stereocenters. The van der Waals surface area contributed by atoms with Gasteiger partial charge in [-0.1, -0.05) is 85.1 Å². The maximum atomic E-state index is 13.4. The summed E-state index contributed by atoms with van der Waals surface area (Å²) in [4.78, 5) is 27.9. The first-order valence-corrected chi connectivity index (χ1v) is 12.3. The zero-order valence-electron chi connectivity index (χ0n) is 20.2. The number of amides is 2. The fourth-order valence-electron chi connectivity index (χ4n) is 4.78. The van der Waals surface area contributed by atoms with E-state index in [4.69, 9.17) is 0 Å². The molecule has 0 saturated heterocycles. The molecule has 1 fully saturated rings. The molecule has 0 heterocycles. The van der Waals surface area contributed by atoms with Crippen LogP contribution in [0.2, 0.25) is 0 Å². The Morgan fingerprint density at radius 2 is 1.62 bits per heavy atom. The number of nitrogens with one attached hydrogen (secondary N) is 1. The van der Waals surface area contributed by atoms with Crippen LogP contribution >= 0.6 is 0 Å². The summed E-state index contributed by atoms with van der Waals surface area (Å²) in [6, 6.07) is 26.1. The molecule has 1 N–H and O–H groups in total. The summed E-state index contributed by atoms with van der Waals surface area (Å²) in [5.74, 6) is 0.304. The molecule has 4 rings (SSSR count). The highest BCUT2D eigenvalue weighted by molar-refractivity contribution is 5.95. The minimum absolute atomic E-state index is 0.0113. The number of carbonyl (C=O) groups excluding carboxylic acids is 2. The minimum atomic E-state index is -0.0400. The van der Waals surface area contributed by atoms with E-state index in [9.17, 15) is 9.59 Å². The maximum absolute atomic E-state index is 13.4. The van der Waals surface area contributed by atoms with Gasteiger partial charge in [-0.3, -0.25) is 9.59 Å². The molecule has 1 unspecified atom stereocenters. The van der Waals surface area contributed by atoms with Crippen molar-refractivity contribution in [1.82, 2.24) is 5.32 Å². The minimum Gasteiger partial charge on any atom is -0.349 e. The molecule has 0 aliphatic heterocycles. The van der Waals surface area contributed by atoms with Crippen molar-refractivity contribution in [1.29, 1.82) is 0 Å². The van der Waals surface area contributed by atoms with E-state index in [0.717, 1.165) is 48.1 Å². The Labute approximate surface area is 203 Å². The largest absolute Gasteiger partial charge is 0.349 e. The molecule has 0 spiro atoms. The lowest BCUT2D eigenvalue weighted by atomic mass is 10.0. The topological polar surface area (TPSA) is 49.4 Å². The maximum Gasteiger partial charge on any atom is 0.230 e. The Hall–Kier alpha value is -3.40. The SMILES string of the molecule is Cc1cccc(CN(C(=O)C2CCCC2)c2ccc(CC(=O)NC(C)c3ccccc3)cc2)c1. The Morgan fingerprint density at radius 1 is 0.912 bits per heavy atom. The van der Waals surface area contributed by atoms with E-state index in [2.05, 4.69) is 30.4 Å². The van der Waals surface area contributed by atoms with Crippen molar-refractivity contribution in [3.8, 4) is 0 Å². The first kappa shape index (κ1) is 23.7. The highest BCUT2D eigenvalue weighted by Crippen LogP contribution is 2.30. The molecule has 2 amide bonds. The van der Waals surface area contributed by atoms with Crippen LogP contribution in [0.15, 0.2) is 78.9 Å². The average molecular weight is 455 g/mol. The molecule has 4 nitrogen and oxygen atoms in total. The lowest BCUT2D eigenvalue weighted by molar-refractivity contribution is -0.122. The summed E-state index contributed by atoms with van der Waals surface area (Å²) in [5.41, 5.74) is 5.23. The first-order valence-electron chi connectivity index (χ1n) is 12.3. The van der Waals surface area contributed by atoms with E-state index in [1.54, 1.807) is 0 Å². The van der Waals surface area contributed by atoms with Gasteiger partial charge in [0.05, 0.1) is 19.0 Å². The predicted molar refractivity (Wildman–Crippen MR) is 137 cm³/mol. The van der Waals surface area contributed by atoms with Gasteiger partial charge < -0.3 is 10.2 Å². The lowest BCUT2D eigenvalue weighted by Crippen LogP contribution is -2.35. The van der Waals surface area contributed by atoms with Gasteiger partial charge in [0.1, 0.15) is 0 Å². The number of anilines is 1. The number of rotatable bonds is 8. The zero-order chi connectivity index (χ0) is 23.9. The van der Waals surface area contributed by atoms with Gasteiger partial charge in [0.25, 0.3) is 0 Å². The molecule has 1 saturated carbocycles. The van der Waals surface area contributed by atoms with Crippen LogP contribution in [0, 0.1) is 12.8 Å². The van der Waals surface area contributed by atoms with Crippen molar-refractivity contribution in [2.24, 2.45) is 5.92 Å². The van der Waals surface area contributed by atoms with Crippen molar-refractivity contribution >= 4 is 17.5 Å². The predicted octanol–water partition coefficient (Wildman–Crippen LogP) is 6.14. The Morgan fingerprint density at radius 3 is 2.29 bits per heavy atom. The molecule has 34 heavy (non-hydrogen) atoms. The van der Waals surface area contributed by atoms with Crippen molar-refractivity contribution in [2.45, 2.75) is 58.5 Å². The monoisotopic (exact) mass is 454 g/mol. The molecule has 4 heteroatoms. The summed E-state index contributed by atoms with van der Waals surface area (Å²) in [5, 5.41) is 3.07. The highest BCUT2D eigenvalue weighted by Gasteiger charge is 2.28. The van der Waals surface area contributed by atoms with E-state index < -0.39 is 0 Å². The molecule has 0 radical (unpaired) electrons. The lowest BCUT2D eigenvalue weighted by Gasteiger charge is -2.26. The summed E-state index contributed by atoms with van der Waals surface area (Å²) in [6.07, 6.45) is 4.52. The van der Waals surface area contributed by atoms with Gasteiger partial charge in [0.2, 0.25) is 11.8 Å². The Balaban J connectivity index is 1.45. The van der Waals surface area contributed by atoms with Crippen LogP contribution in [0.3, 0.4) is 0 Å². The molecular weight excluding hydrogens is 420 g/mol. The third-order valence-corrected chi connectivity index (χ3v) is 6.68. The van der Waals surface area contributed by atoms with Crippen LogP contribution < -0.4 is 10.2 Å². The molecule has 1 aliphatic rings. The molecule has 176 valence electrons. The zero-order valence-corrected chi connectivity index (χ0v) is 20.2. The fraction of sp³-hybridized carbons (Fsp3) is 0.333. The molecule has 3 aromatic carbocycles.